The molecule has 0 spiro atoms. The minimum absolute atomic E-state index is 0.374. The first-order valence-electron chi connectivity index (χ1n) is 6.86. The van der Waals surface area contributed by atoms with Gasteiger partial charge >= 0.3 is 0 Å². The van der Waals surface area contributed by atoms with Crippen LogP contribution in [0.5, 0.6) is 0 Å². The maximum atomic E-state index is 6.38. The number of hydrogen-bond donors (Lipinski definition) is 1. The number of aromatic nitrogens is 1. The van der Waals surface area contributed by atoms with Crippen LogP contribution in [-0.4, -0.2) is 4.98 Å². The summed E-state index contributed by atoms with van der Waals surface area (Å²) in [5, 5.41) is 1.77. The Kier molecular flexibility index (Phi) is 2.08. The van der Waals surface area contributed by atoms with Gasteiger partial charge in [-0.1, -0.05) is 25.4 Å². The van der Waals surface area contributed by atoms with Gasteiger partial charge in [-0.3, -0.25) is 4.98 Å². The Bertz CT molecular complexity index is 705. The quantitative estimate of drug-likeness (QED) is 0.782. The molecule has 2 nitrogen and oxygen atoms in total. The van der Waals surface area contributed by atoms with Crippen molar-refractivity contribution in [1.29, 1.82) is 0 Å². The molecule has 2 bridgehead atoms. The Balaban J connectivity index is 2.02. The normalized spacial score (nSPS) is 26.9. The lowest BCUT2D eigenvalue weighted by Gasteiger charge is -2.56. The van der Waals surface area contributed by atoms with Crippen LogP contribution in [0.25, 0.3) is 10.9 Å². The molecule has 0 aliphatic heterocycles. The number of nitrogens with two attached hydrogens (primary N) is 1. The molecule has 3 heteroatoms. The third-order valence-corrected chi connectivity index (χ3v) is 5.61. The Morgan fingerprint density at radius 2 is 2.16 bits per heavy atom. The predicted octanol–water partition coefficient (Wildman–Crippen LogP) is 4.16. The summed E-state index contributed by atoms with van der Waals surface area (Å²) in [4.78, 5) is 4.89. The summed E-state index contributed by atoms with van der Waals surface area (Å²) in [5.74, 6) is 1.32. The number of benzene rings is 1. The van der Waals surface area contributed by atoms with E-state index in [0.717, 1.165) is 34.0 Å². The molecule has 0 radical (unpaired) electrons. The van der Waals surface area contributed by atoms with Crippen molar-refractivity contribution in [3.05, 3.63) is 34.5 Å². The van der Waals surface area contributed by atoms with Gasteiger partial charge in [0.05, 0.1) is 5.52 Å². The van der Waals surface area contributed by atoms with Gasteiger partial charge in [-0.15, -0.1) is 0 Å². The smallest absolute Gasteiger partial charge is 0.0741 e. The molecule has 2 atom stereocenters. The van der Waals surface area contributed by atoms with Crippen molar-refractivity contribution >= 4 is 28.2 Å². The van der Waals surface area contributed by atoms with Gasteiger partial charge < -0.3 is 5.73 Å². The lowest BCUT2D eigenvalue weighted by Crippen LogP contribution is -2.48. The van der Waals surface area contributed by atoms with E-state index < -0.39 is 0 Å². The fraction of sp³-hybridized carbons (Fsp3) is 0.438. The van der Waals surface area contributed by atoms with E-state index in [9.17, 15) is 0 Å². The van der Waals surface area contributed by atoms with Crippen LogP contribution in [0.2, 0.25) is 5.02 Å². The highest BCUT2D eigenvalue weighted by Crippen LogP contribution is 2.62. The van der Waals surface area contributed by atoms with E-state index in [-0.39, 0.29) is 0 Å². The molecule has 3 aliphatic rings. The van der Waals surface area contributed by atoms with Gasteiger partial charge in [0, 0.05) is 27.7 Å². The highest BCUT2D eigenvalue weighted by molar-refractivity contribution is 6.31. The Labute approximate surface area is 118 Å². The second-order valence-electron chi connectivity index (χ2n) is 6.56. The summed E-state index contributed by atoms with van der Waals surface area (Å²) in [6, 6.07) is 5.80. The molecule has 2 N–H and O–H groups in total. The molecule has 0 saturated heterocycles. The number of anilines is 1. The topological polar surface area (TPSA) is 38.9 Å². The highest BCUT2D eigenvalue weighted by atomic mass is 35.5. The number of nitrogen functional groups attached to an aromatic ring is 1. The van der Waals surface area contributed by atoms with E-state index >= 15 is 0 Å². The zero-order valence-electron chi connectivity index (χ0n) is 11.2. The van der Waals surface area contributed by atoms with E-state index in [2.05, 4.69) is 13.8 Å². The summed E-state index contributed by atoms with van der Waals surface area (Å²) in [7, 11) is 0. The van der Waals surface area contributed by atoms with Crippen LogP contribution in [0.15, 0.2) is 18.2 Å². The third kappa shape index (κ3) is 1.35. The van der Waals surface area contributed by atoms with E-state index in [1.165, 1.54) is 17.7 Å². The van der Waals surface area contributed by atoms with Crippen LogP contribution in [0.1, 0.15) is 37.4 Å². The number of pyridine rings is 1. The second-order valence-corrected chi connectivity index (χ2v) is 7.00. The molecule has 1 fully saturated rings. The van der Waals surface area contributed by atoms with Gasteiger partial charge in [0.1, 0.15) is 0 Å². The van der Waals surface area contributed by atoms with E-state index in [0.29, 0.717) is 11.3 Å². The van der Waals surface area contributed by atoms with E-state index in [1.54, 1.807) is 0 Å². The SMILES string of the molecule is CC1(C)C2Cc3c(nc4cc(Cl)ccc4c3N)C1C2. The fourth-order valence-corrected chi connectivity index (χ4v) is 4.06. The standard InChI is InChI=1S/C16H17ClN2/c1-16(2)8-5-11-14(18)10-4-3-9(17)7-13(10)19-15(11)12(16)6-8/h3-4,7-8,12H,5-6H2,1-2H3,(H2,18,19). The summed E-state index contributed by atoms with van der Waals surface area (Å²) in [5.41, 5.74) is 11.1. The van der Waals surface area contributed by atoms with Crippen molar-refractivity contribution in [3.8, 4) is 0 Å². The van der Waals surface area contributed by atoms with Crippen LogP contribution < -0.4 is 5.73 Å². The Hall–Kier alpha value is -1.28. The van der Waals surface area contributed by atoms with Crippen molar-refractivity contribution in [2.75, 3.05) is 5.73 Å². The van der Waals surface area contributed by atoms with E-state index in [1.807, 2.05) is 18.2 Å². The third-order valence-electron chi connectivity index (χ3n) is 5.38. The van der Waals surface area contributed by atoms with E-state index in [4.69, 9.17) is 22.3 Å². The maximum absolute atomic E-state index is 6.38. The number of halogens is 1. The molecule has 1 heterocycles. The Morgan fingerprint density at radius 3 is 2.89 bits per heavy atom. The van der Waals surface area contributed by atoms with Crippen molar-refractivity contribution < 1.29 is 0 Å². The first kappa shape index (κ1) is 11.5. The number of rotatable bonds is 0. The molecule has 1 aromatic carbocycles. The highest BCUT2D eigenvalue weighted by Gasteiger charge is 2.53. The summed E-state index contributed by atoms with van der Waals surface area (Å²) in [6.45, 7) is 4.71. The van der Waals surface area contributed by atoms with Gasteiger partial charge in [0.25, 0.3) is 0 Å². The molecule has 2 unspecified atom stereocenters. The van der Waals surface area contributed by atoms with Gasteiger partial charge in [-0.05, 0) is 47.9 Å². The minimum Gasteiger partial charge on any atom is -0.398 e. The summed E-state index contributed by atoms with van der Waals surface area (Å²) < 4.78 is 0. The van der Waals surface area contributed by atoms with Crippen LogP contribution in [0.3, 0.4) is 0 Å². The zero-order chi connectivity index (χ0) is 13.4. The molecule has 19 heavy (non-hydrogen) atoms. The molecule has 1 aromatic heterocycles. The monoisotopic (exact) mass is 272 g/mol. The molecule has 1 saturated carbocycles. The van der Waals surface area contributed by atoms with Gasteiger partial charge in [0.2, 0.25) is 0 Å². The second kappa shape index (κ2) is 3.43. The first-order valence-corrected chi connectivity index (χ1v) is 7.24. The molecule has 98 valence electrons. The number of hydrogen-bond acceptors (Lipinski definition) is 2. The fourth-order valence-electron chi connectivity index (χ4n) is 3.90. The maximum Gasteiger partial charge on any atom is 0.0741 e. The minimum atomic E-state index is 0.374. The largest absolute Gasteiger partial charge is 0.398 e. The first-order chi connectivity index (χ1) is 8.98. The molecular weight excluding hydrogens is 256 g/mol. The Morgan fingerprint density at radius 1 is 1.37 bits per heavy atom. The van der Waals surface area contributed by atoms with Gasteiger partial charge in [0.15, 0.2) is 0 Å². The van der Waals surface area contributed by atoms with Crippen LogP contribution in [0.4, 0.5) is 5.69 Å². The van der Waals surface area contributed by atoms with Crippen LogP contribution in [0, 0.1) is 11.3 Å². The number of nitrogens with zero attached hydrogens (tertiary/aromatic N) is 1. The van der Waals surface area contributed by atoms with Gasteiger partial charge in [-0.25, -0.2) is 0 Å². The van der Waals surface area contributed by atoms with Crippen molar-refractivity contribution in [2.45, 2.75) is 32.6 Å². The lowest BCUT2D eigenvalue weighted by molar-refractivity contribution is 0.0161. The van der Waals surface area contributed by atoms with Crippen molar-refractivity contribution in [1.82, 2.24) is 4.98 Å². The molecule has 0 amide bonds. The lowest BCUT2D eigenvalue weighted by atomic mass is 9.48. The average molecular weight is 273 g/mol. The molecule has 3 aliphatic carbocycles. The van der Waals surface area contributed by atoms with Crippen molar-refractivity contribution in [3.63, 3.8) is 0 Å². The molecule has 2 aromatic rings. The van der Waals surface area contributed by atoms with Gasteiger partial charge in [-0.2, -0.15) is 0 Å². The van der Waals surface area contributed by atoms with Crippen molar-refractivity contribution in [2.24, 2.45) is 11.3 Å². The molecule has 5 rings (SSSR count). The predicted molar refractivity (Wildman–Crippen MR) is 79.5 cm³/mol. The zero-order valence-corrected chi connectivity index (χ0v) is 12.0. The average Bonchev–Trinajstić information content (AvgIpc) is 2.37. The van der Waals surface area contributed by atoms with Crippen LogP contribution in [-0.2, 0) is 6.42 Å². The number of fused-ring (bicyclic) bond motifs is 1. The van der Waals surface area contributed by atoms with Crippen LogP contribution >= 0.6 is 11.6 Å². The summed E-state index contributed by atoms with van der Waals surface area (Å²) in [6.07, 6.45) is 2.34. The molecular formula is C16H17ClN2. The summed E-state index contributed by atoms with van der Waals surface area (Å²) >= 11 is 6.08.